The summed E-state index contributed by atoms with van der Waals surface area (Å²) in [4.78, 5) is 17.1. The number of H-pyrrole nitrogens is 1. The highest BCUT2D eigenvalue weighted by Gasteiger charge is 2.32. The van der Waals surface area contributed by atoms with Crippen molar-refractivity contribution >= 4 is 29.2 Å². The Bertz CT molecular complexity index is 703. The van der Waals surface area contributed by atoms with Crippen molar-refractivity contribution in [1.82, 2.24) is 14.5 Å². The van der Waals surface area contributed by atoms with Gasteiger partial charge >= 0.3 is 0 Å². The largest absolute Gasteiger partial charge is 0.497 e. The van der Waals surface area contributed by atoms with Crippen molar-refractivity contribution in [1.29, 1.82) is 0 Å². The zero-order valence-electron chi connectivity index (χ0n) is 10.8. The van der Waals surface area contributed by atoms with Crippen molar-refractivity contribution in [2.75, 3.05) is 20.7 Å². The van der Waals surface area contributed by atoms with Crippen LogP contribution in [0.3, 0.4) is 0 Å². The molecule has 1 fully saturated rings. The quantitative estimate of drug-likeness (QED) is 0.855. The molecule has 19 heavy (non-hydrogen) atoms. The molecule has 1 atom stereocenters. The molecule has 1 amide bonds. The van der Waals surface area contributed by atoms with Gasteiger partial charge < -0.3 is 19.2 Å². The van der Waals surface area contributed by atoms with Gasteiger partial charge in [0.25, 0.3) is 0 Å². The third-order valence-corrected chi connectivity index (χ3v) is 3.93. The predicted octanol–water partition coefficient (Wildman–Crippen LogP) is 2.11. The highest BCUT2D eigenvalue weighted by atomic mass is 32.1. The molecule has 0 saturated carbocycles. The zero-order chi connectivity index (χ0) is 13.6. The number of hydrogen-bond donors (Lipinski definition) is 1. The molecule has 1 aromatic carbocycles. The van der Waals surface area contributed by atoms with E-state index in [9.17, 15) is 4.79 Å². The standard InChI is InChI=1S/C13H15N3O2S/c1-15-6-5-10(12(15)17)16-11-7-8(18-2)3-4-9(11)14-13(16)19/h3-4,7,10H,5-6H2,1-2H3,(H,14,19). The van der Waals surface area contributed by atoms with Gasteiger partial charge in [0.15, 0.2) is 4.77 Å². The molecule has 1 aliphatic heterocycles. The molecule has 6 heteroatoms. The summed E-state index contributed by atoms with van der Waals surface area (Å²) in [5, 5.41) is 0. The minimum absolute atomic E-state index is 0.111. The van der Waals surface area contributed by atoms with E-state index in [4.69, 9.17) is 17.0 Å². The normalized spacial score (nSPS) is 19.4. The number of carbonyl (C=O) groups excluding carboxylic acids is 1. The maximum Gasteiger partial charge on any atom is 0.245 e. The van der Waals surface area contributed by atoms with Gasteiger partial charge in [-0.3, -0.25) is 4.79 Å². The monoisotopic (exact) mass is 277 g/mol. The van der Waals surface area contributed by atoms with Crippen LogP contribution in [0.1, 0.15) is 12.5 Å². The average Bonchev–Trinajstić information content (AvgIpc) is 2.89. The lowest BCUT2D eigenvalue weighted by Crippen LogP contribution is -2.24. The van der Waals surface area contributed by atoms with Crippen LogP contribution in [0, 0.1) is 4.77 Å². The average molecular weight is 277 g/mol. The van der Waals surface area contributed by atoms with Gasteiger partial charge in [-0.05, 0) is 30.8 Å². The number of hydrogen-bond acceptors (Lipinski definition) is 3. The highest BCUT2D eigenvalue weighted by molar-refractivity contribution is 7.71. The molecule has 0 radical (unpaired) electrons. The zero-order valence-corrected chi connectivity index (χ0v) is 11.7. The lowest BCUT2D eigenvalue weighted by atomic mass is 10.2. The van der Waals surface area contributed by atoms with Gasteiger partial charge in [-0.1, -0.05) is 0 Å². The van der Waals surface area contributed by atoms with Crippen LogP contribution < -0.4 is 4.74 Å². The van der Waals surface area contributed by atoms with Gasteiger partial charge in [0, 0.05) is 19.7 Å². The third kappa shape index (κ3) is 1.83. The summed E-state index contributed by atoms with van der Waals surface area (Å²) in [7, 11) is 3.45. The minimum atomic E-state index is -0.210. The third-order valence-electron chi connectivity index (χ3n) is 3.64. The van der Waals surface area contributed by atoms with Gasteiger partial charge in [-0.15, -0.1) is 0 Å². The number of aromatic amines is 1. The van der Waals surface area contributed by atoms with E-state index in [0.29, 0.717) is 4.77 Å². The number of nitrogens with one attached hydrogen (secondary N) is 1. The number of nitrogens with zero attached hydrogens (tertiary/aromatic N) is 2. The molecule has 1 aliphatic rings. The van der Waals surface area contributed by atoms with E-state index in [0.717, 1.165) is 29.7 Å². The maximum absolute atomic E-state index is 12.2. The van der Waals surface area contributed by atoms with Crippen LogP contribution in [0.15, 0.2) is 18.2 Å². The van der Waals surface area contributed by atoms with Crippen molar-refractivity contribution in [3.63, 3.8) is 0 Å². The van der Waals surface area contributed by atoms with E-state index in [1.165, 1.54) is 0 Å². The summed E-state index contributed by atoms with van der Waals surface area (Å²) >= 11 is 5.36. The maximum atomic E-state index is 12.2. The number of carbonyl (C=O) groups is 1. The van der Waals surface area contributed by atoms with Gasteiger partial charge in [0.1, 0.15) is 11.8 Å². The van der Waals surface area contributed by atoms with Crippen LogP contribution in [0.5, 0.6) is 5.75 Å². The summed E-state index contributed by atoms with van der Waals surface area (Å²) in [6.45, 7) is 0.766. The minimum Gasteiger partial charge on any atom is -0.497 e. The second-order valence-corrected chi connectivity index (χ2v) is 5.13. The van der Waals surface area contributed by atoms with Crippen LogP contribution in [0.25, 0.3) is 11.0 Å². The number of rotatable bonds is 2. The Balaban J connectivity index is 2.20. The molecule has 3 rings (SSSR count). The van der Waals surface area contributed by atoms with Crippen molar-refractivity contribution in [2.24, 2.45) is 0 Å². The Morgan fingerprint density at radius 2 is 2.26 bits per heavy atom. The van der Waals surface area contributed by atoms with Crippen LogP contribution in [-0.2, 0) is 4.79 Å². The van der Waals surface area contributed by atoms with E-state index in [1.54, 1.807) is 12.0 Å². The number of likely N-dealkylation sites (tertiary alicyclic amines) is 1. The Kier molecular flexibility index (Phi) is 2.82. The first-order chi connectivity index (χ1) is 9.11. The second-order valence-electron chi connectivity index (χ2n) is 4.75. The van der Waals surface area contributed by atoms with E-state index in [-0.39, 0.29) is 11.9 Å². The molecule has 1 saturated heterocycles. The number of imidazole rings is 1. The molecule has 5 nitrogen and oxygen atoms in total. The molecule has 0 spiro atoms. The van der Waals surface area contributed by atoms with Crippen LogP contribution >= 0.6 is 12.2 Å². The number of fused-ring (bicyclic) bond motifs is 1. The van der Waals surface area contributed by atoms with E-state index >= 15 is 0 Å². The fourth-order valence-corrected chi connectivity index (χ4v) is 2.92. The van der Waals surface area contributed by atoms with E-state index in [2.05, 4.69) is 4.98 Å². The van der Waals surface area contributed by atoms with Gasteiger partial charge in [-0.25, -0.2) is 0 Å². The molecule has 1 aromatic heterocycles. The van der Waals surface area contributed by atoms with Gasteiger partial charge in [0.05, 0.1) is 18.1 Å². The summed E-state index contributed by atoms with van der Waals surface area (Å²) in [5.74, 6) is 0.869. The van der Waals surface area contributed by atoms with Gasteiger partial charge in [-0.2, -0.15) is 0 Å². The van der Waals surface area contributed by atoms with Crippen molar-refractivity contribution in [3.05, 3.63) is 23.0 Å². The van der Waals surface area contributed by atoms with E-state index in [1.807, 2.05) is 29.8 Å². The molecule has 1 unspecified atom stereocenters. The first-order valence-electron chi connectivity index (χ1n) is 6.15. The van der Waals surface area contributed by atoms with Crippen molar-refractivity contribution < 1.29 is 9.53 Å². The molecule has 1 N–H and O–H groups in total. The second kappa shape index (κ2) is 4.38. The van der Waals surface area contributed by atoms with Crippen LogP contribution in [-0.4, -0.2) is 41.1 Å². The first kappa shape index (κ1) is 12.2. The molecule has 2 aromatic rings. The summed E-state index contributed by atoms with van der Waals surface area (Å²) < 4.78 is 7.72. The number of methoxy groups -OCH3 is 1. The fourth-order valence-electron chi connectivity index (χ4n) is 2.58. The number of ether oxygens (including phenoxy) is 1. The number of amides is 1. The van der Waals surface area contributed by atoms with Crippen LogP contribution in [0.2, 0.25) is 0 Å². The number of likely N-dealkylation sites (N-methyl/N-ethyl adjacent to an activating group) is 1. The Labute approximate surface area is 115 Å². The summed E-state index contributed by atoms with van der Waals surface area (Å²) in [6, 6.07) is 5.50. The Hall–Kier alpha value is -1.82. The molecule has 2 heterocycles. The van der Waals surface area contributed by atoms with Gasteiger partial charge in [0.2, 0.25) is 5.91 Å². The van der Waals surface area contributed by atoms with Crippen molar-refractivity contribution in [2.45, 2.75) is 12.5 Å². The molecule has 0 aliphatic carbocycles. The molecule has 100 valence electrons. The smallest absolute Gasteiger partial charge is 0.245 e. The first-order valence-corrected chi connectivity index (χ1v) is 6.56. The Morgan fingerprint density at radius 1 is 1.47 bits per heavy atom. The topological polar surface area (TPSA) is 50.3 Å². The van der Waals surface area contributed by atoms with E-state index < -0.39 is 0 Å². The molecular formula is C13H15N3O2S. The highest BCUT2D eigenvalue weighted by Crippen LogP contribution is 2.29. The summed E-state index contributed by atoms with van der Waals surface area (Å²) in [5.41, 5.74) is 1.84. The fraction of sp³-hybridized carbons (Fsp3) is 0.385. The predicted molar refractivity (Wildman–Crippen MR) is 75.0 cm³/mol. The van der Waals surface area contributed by atoms with Crippen LogP contribution in [0.4, 0.5) is 0 Å². The molecule has 0 bridgehead atoms. The summed E-state index contributed by atoms with van der Waals surface area (Å²) in [6.07, 6.45) is 0.786. The Morgan fingerprint density at radius 3 is 2.89 bits per heavy atom. The molecular weight excluding hydrogens is 262 g/mol. The van der Waals surface area contributed by atoms with Crippen molar-refractivity contribution in [3.8, 4) is 5.75 Å². The lowest BCUT2D eigenvalue weighted by Gasteiger charge is -2.13. The lowest BCUT2D eigenvalue weighted by molar-refractivity contribution is -0.129. The SMILES string of the molecule is COc1ccc2[nH]c(=S)n(C3CCN(C)C3=O)c2c1. The number of benzene rings is 1. The number of aromatic nitrogens is 2.